The van der Waals surface area contributed by atoms with Crippen LogP contribution in [-0.2, 0) is 24.3 Å². The van der Waals surface area contributed by atoms with Crippen molar-refractivity contribution in [3.63, 3.8) is 0 Å². The van der Waals surface area contributed by atoms with Gasteiger partial charge in [-0.15, -0.1) is 16.8 Å². The lowest BCUT2D eigenvalue weighted by atomic mass is 9.97. The number of thioether (sulfide) groups is 1. The molecule has 2 aromatic heterocycles. The molecule has 0 aliphatic rings. The summed E-state index contributed by atoms with van der Waals surface area (Å²) in [6, 6.07) is 7.19. The van der Waals surface area contributed by atoms with Crippen molar-refractivity contribution < 1.29 is 9.26 Å². The van der Waals surface area contributed by atoms with Crippen molar-refractivity contribution in [2.45, 2.75) is 50.2 Å². The summed E-state index contributed by atoms with van der Waals surface area (Å²) in [5.74, 6) is 3.20. The van der Waals surface area contributed by atoms with Gasteiger partial charge in [-0.2, -0.15) is 4.98 Å². The Morgan fingerprint density at radius 3 is 2.64 bits per heavy atom. The van der Waals surface area contributed by atoms with Gasteiger partial charge in [0.2, 0.25) is 5.89 Å². The van der Waals surface area contributed by atoms with E-state index in [9.17, 15) is 0 Å². The lowest BCUT2D eigenvalue weighted by molar-refractivity contribution is 0.289. The van der Waals surface area contributed by atoms with Gasteiger partial charge < -0.3 is 9.26 Å². The van der Waals surface area contributed by atoms with E-state index in [4.69, 9.17) is 20.9 Å². The highest BCUT2D eigenvalue weighted by Crippen LogP contribution is 2.25. The highest BCUT2D eigenvalue weighted by atomic mass is 35.5. The van der Waals surface area contributed by atoms with Crippen molar-refractivity contribution >= 4 is 23.4 Å². The van der Waals surface area contributed by atoms with Crippen LogP contribution in [0.3, 0.4) is 0 Å². The Kier molecular flexibility index (Phi) is 6.41. The Labute approximate surface area is 173 Å². The van der Waals surface area contributed by atoms with Crippen LogP contribution in [0.2, 0.25) is 5.02 Å². The molecule has 9 heteroatoms. The SMILES string of the molecule is C=CCn1c(COc2ccc(Cl)cc2)nnc1SCc1noc(C(C)(C)C)n1. The smallest absolute Gasteiger partial charge is 0.232 e. The fourth-order valence-electron chi connectivity index (χ4n) is 2.27. The molecule has 148 valence electrons. The first-order valence-electron chi connectivity index (χ1n) is 8.74. The fourth-order valence-corrected chi connectivity index (χ4v) is 3.21. The highest BCUT2D eigenvalue weighted by molar-refractivity contribution is 7.98. The number of rotatable bonds is 8. The van der Waals surface area contributed by atoms with Gasteiger partial charge in [0, 0.05) is 17.0 Å². The summed E-state index contributed by atoms with van der Waals surface area (Å²) in [5.41, 5.74) is -0.176. The first-order chi connectivity index (χ1) is 13.4. The third-order valence-corrected chi connectivity index (χ3v) is 4.94. The van der Waals surface area contributed by atoms with Crippen molar-refractivity contribution in [3.8, 4) is 5.75 Å². The summed E-state index contributed by atoms with van der Waals surface area (Å²) < 4.78 is 13.1. The predicted molar refractivity (Wildman–Crippen MR) is 109 cm³/mol. The van der Waals surface area contributed by atoms with Crippen molar-refractivity contribution in [3.05, 3.63) is 59.5 Å². The first-order valence-corrected chi connectivity index (χ1v) is 10.1. The summed E-state index contributed by atoms with van der Waals surface area (Å²) in [4.78, 5) is 4.45. The zero-order valence-corrected chi connectivity index (χ0v) is 17.6. The maximum atomic E-state index is 5.90. The Bertz CT molecular complexity index is 931. The molecule has 0 unspecified atom stereocenters. The minimum absolute atomic E-state index is 0.176. The minimum Gasteiger partial charge on any atom is -0.486 e. The Hall–Kier alpha value is -2.32. The average molecular weight is 420 g/mol. The third-order valence-electron chi connectivity index (χ3n) is 3.73. The van der Waals surface area contributed by atoms with Gasteiger partial charge in [-0.05, 0) is 24.3 Å². The standard InChI is InChI=1S/C19H22ClN5O2S/c1-5-10-25-16(11-26-14-8-6-13(20)7-9-14)22-23-18(25)28-12-15-21-17(27-24-15)19(2,3)4/h5-9H,1,10-12H2,2-4H3. The van der Waals surface area contributed by atoms with E-state index >= 15 is 0 Å². The summed E-state index contributed by atoms with van der Waals surface area (Å²) in [5, 5.41) is 14.0. The molecule has 3 aromatic rings. The molecular formula is C19H22ClN5O2S. The zero-order chi connectivity index (χ0) is 20.1. The molecule has 3 rings (SSSR count). The number of allylic oxidation sites excluding steroid dienone is 1. The van der Waals surface area contributed by atoms with Gasteiger partial charge in [0.05, 0.1) is 5.75 Å². The second-order valence-corrected chi connectivity index (χ2v) is 8.47. The van der Waals surface area contributed by atoms with Gasteiger partial charge in [-0.3, -0.25) is 4.57 Å². The highest BCUT2D eigenvalue weighted by Gasteiger charge is 2.22. The molecule has 0 saturated carbocycles. The molecule has 0 atom stereocenters. The molecule has 0 aliphatic carbocycles. The molecule has 7 nitrogen and oxygen atoms in total. The number of nitrogens with zero attached hydrogens (tertiary/aromatic N) is 5. The van der Waals surface area contributed by atoms with E-state index in [1.807, 2.05) is 37.5 Å². The molecule has 1 aromatic carbocycles. The van der Waals surface area contributed by atoms with Crippen LogP contribution in [0.5, 0.6) is 5.75 Å². The lowest BCUT2D eigenvalue weighted by Gasteiger charge is -2.10. The van der Waals surface area contributed by atoms with E-state index in [0.717, 1.165) is 5.16 Å². The van der Waals surface area contributed by atoms with Crippen LogP contribution in [0.25, 0.3) is 0 Å². The Balaban J connectivity index is 1.67. The van der Waals surface area contributed by atoms with E-state index < -0.39 is 0 Å². The molecule has 28 heavy (non-hydrogen) atoms. The monoisotopic (exact) mass is 419 g/mol. The van der Waals surface area contributed by atoms with Crippen LogP contribution in [-0.4, -0.2) is 24.9 Å². The molecule has 0 fully saturated rings. The number of ether oxygens (including phenoxy) is 1. The van der Waals surface area contributed by atoms with Crippen LogP contribution >= 0.6 is 23.4 Å². The number of halogens is 1. The van der Waals surface area contributed by atoms with Crippen LogP contribution in [0.15, 0.2) is 46.6 Å². The molecular weight excluding hydrogens is 398 g/mol. The molecule has 0 radical (unpaired) electrons. The van der Waals surface area contributed by atoms with E-state index in [0.29, 0.717) is 47.2 Å². The Morgan fingerprint density at radius 1 is 1.25 bits per heavy atom. The minimum atomic E-state index is -0.176. The zero-order valence-electron chi connectivity index (χ0n) is 16.1. The van der Waals surface area contributed by atoms with Crippen LogP contribution in [0.1, 0.15) is 38.3 Å². The number of hydrogen-bond donors (Lipinski definition) is 0. The predicted octanol–water partition coefficient (Wildman–Crippen LogP) is 4.67. The molecule has 2 heterocycles. The quantitative estimate of drug-likeness (QED) is 0.387. The molecule has 0 N–H and O–H groups in total. The summed E-state index contributed by atoms with van der Waals surface area (Å²) in [6.45, 7) is 10.8. The third kappa shape index (κ3) is 5.14. The normalized spacial score (nSPS) is 11.6. The number of hydrogen-bond acceptors (Lipinski definition) is 7. The van der Waals surface area contributed by atoms with Gasteiger partial charge in [0.1, 0.15) is 12.4 Å². The topological polar surface area (TPSA) is 78.9 Å². The van der Waals surface area contributed by atoms with Crippen molar-refractivity contribution in [2.75, 3.05) is 0 Å². The second kappa shape index (κ2) is 8.79. The van der Waals surface area contributed by atoms with Crippen LogP contribution < -0.4 is 4.74 Å². The van der Waals surface area contributed by atoms with Crippen molar-refractivity contribution in [1.29, 1.82) is 0 Å². The maximum Gasteiger partial charge on any atom is 0.232 e. The van der Waals surface area contributed by atoms with Crippen molar-refractivity contribution in [1.82, 2.24) is 24.9 Å². The van der Waals surface area contributed by atoms with E-state index in [1.54, 1.807) is 18.2 Å². The molecule has 0 bridgehead atoms. The summed E-state index contributed by atoms with van der Waals surface area (Å²) in [7, 11) is 0. The number of benzene rings is 1. The molecule has 0 amide bonds. The van der Waals surface area contributed by atoms with Crippen LogP contribution in [0, 0.1) is 0 Å². The van der Waals surface area contributed by atoms with Gasteiger partial charge in [-0.1, -0.05) is 55.4 Å². The molecule has 0 saturated heterocycles. The Morgan fingerprint density at radius 2 is 2.00 bits per heavy atom. The van der Waals surface area contributed by atoms with Crippen LogP contribution in [0.4, 0.5) is 0 Å². The molecule has 0 aliphatic heterocycles. The van der Waals surface area contributed by atoms with Gasteiger partial charge in [0.15, 0.2) is 16.8 Å². The summed E-state index contributed by atoms with van der Waals surface area (Å²) in [6.07, 6.45) is 1.80. The summed E-state index contributed by atoms with van der Waals surface area (Å²) >= 11 is 7.39. The number of aromatic nitrogens is 5. The van der Waals surface area contributed by atoms with Gasteiger partial charge in [-0.25, -0.2) is 0 Å². The fraction of sp³-hybridized carbons (Fsp3) is 0.368. The first kappa shape index (κ1) is 20.4. The van der Waals surface area contributed by atoms with E-state index in [1.165, 1.54) is 11.8 Å². The lowest BCUT2D eigenvalue weighted by Crippen LogP contribution is -2.11. The van der Waals surface area contributed by atoms with E-state index in [2.05, 4.69) is 26.9 Å². The molecule has 0 spiro atoms. The average Bonchev–Trinajstić information content (AvgIpc) is 3.27. The van der Waals surface area contributed by atoms with Gasteiger partial charge in [0.25, 0.3) is 0 Å². The van der Waals surface area contributed by atoms with Crippen molar-refractivity contribution in [2.24, 2.45) is 0 Å². The maximum absolute atomic E-state index is 5.90. The second-order valence-electron chi connectivity index (χ2n) is 7.10. The van der Waals surface area contributed by atoms with E-state index in [-0.39, 0.29) is 5.41 Å². The van der Waals surface area contributed by atoms with Gasteiger partial charge >= 0.3 is 0 Å². The largest absolute Gasteiger partial charge is 0.486 e.